The number of aryl methyl sites for hydroxylation is 3. The van der Waals surface area contributed by atoms with E-state index in [1.165, 1.54) is 22.7 Å². The minimum atomic E-state index is -0.129. The Kier molecular flexibility index (Phi) is 4.97. The number of rotatable bonds is 5. The average Bonchev–Trinajstić information content (AvgIpc) is 3.13. The Morgan fingerprint density at radius 3 is 2.79 bits per heavy atom. The smallest absolute Gasteiger partial charge is 0.267 e. The van der Waals surface area contributed by atoms with Crippen molar-refractivity contribution in [3.8, 4) is 5.75 Å². The van der Waals surface area contributed by atoms with Crippen molar-refractivity contribution in [1.29, 1.82) is 0 Å². The van der Waals surface area contributed by atoms with Crippen LogP contribution in [0.15, 0.2) is 35.7 Å². The molecule has 2 aromatic heterocycles. The normalized spacial score (nSPS) is 10.6. The predicted molar refractivity (Wildman–Crippen MR) is 99.4 cm³/mol. The van der Waals surface area contributed by atoms with Gasteiger partial charge in [-0.25, -0.2) is 4.98 Å². The Bertz CT molecular complexity index is 848. The molecule has 2 heterocycles. The summed E-state index contributed by atoms with van der Waals surface area (Å²) in [6.45, 7) is 6.41. The number of nitrogens with zero attached hydrogens (tertiary/aromatic N) is 1. The Morgan fingerprint density at radius 1 is 1.25 bits per heavy atom. The molecule has 0 atom stereocenters. The number of hydrogen-bond donors (Lipinski definition) is 1. The van der Waals surface area contributed by atoms with Gasteiger partial charge in [-0.05, 0) is 49.9 Å². The van der Waals surface area contributed by atoms with E-state index in [0.29, 0.717) is 16.6 Å². The van der Waals surface area contributed by atoms with E-state index in [1.54, 1.807) is 0 Å². The molecular weight excluding hydrogens is 340 g/mol. The Labute approximate surface area is 149 Å². The zero-order valence-electron chi connectivity index (χ0n) is 13.8. The van der Waals surface area contributed by atoms with Crippen LogP contribution in [-0.4, -0.2) is 10.9 Å². The number of ether oxygens (including phenoxy) is 1. The van der Waals surface area contributed by atoms with E-state index in [9.17, 15) is 4.79 Å². The fourth-order valence-electron chi connectivity index (χ4n) is 2.13. The van der Waals surface area contributed by atoms with Gasteiger partial charge in [-0.1, -0.05) is 12.1 Å². The third-order valence-corrected chi connectivity index (χ3v) is 5.49. The Balaban J connectivity index is 1.61. The number of amides is 1. The zero-order valence-corrected chi connectivity index (χ0v) is 15.4. The first-order valence-corrected chi connectivity index (χ1v) is 9.23. The van der Waals surface area contributed by atoms with Crippen molar-refractivity contribution in [3.05, 3.63) is 62.3 Å². The highest BCUT2D eigenvalue weighted by Gasteiger charge is 2.12. The third kappa shape index (κ3) is 4.01. The second-order valence-electron chi connectivity index (χ2n) is 5.54. The molecule has 0 aliphatic carbocycles. The number of thiophene rings is 1. The number of nitrogens with one attached hydrogen (secondary N) is 1. The van der Waals surface area contributed by atoms with Crippen LogP contribution in [0.4, 0.5) is 5.13 Å². The quantitative estimate of drug-likeness (QED) is 0.701. The lowest BCUT2D eigenvalue weighted by molar-refractivity contribution is 0.103. The van der Waals surface area contributed by atoms with E-state index in [-0.39, 0.29) is 5.91 Å². The number of aromatic nitrogens is 1. The number of carbonyl (C=O) groups is 1. The van der Waals surface area contributed by atoms with Crippen LogP contribution >= 0.6 is 22.7 Å². The molecule has 6 heteroatoms. The molecule has 0 saturated heterocycles. The predicted octanol–water partition coefficient (Wildman–Crippen LogP) is 4.96. The van der Waals surface area contributed by atoms with E-state index < -0.39 is 0 Å². The average molecular weight is 358 g/mol. The van der Waals surface area contributed by atoms with Crippen molar-refractivity contribution in [2.24, 2.45) is 0 Å². The third-order valence-electron chi connectivity index (χ3n) is 3.52. The topological polar surface area (TPSA) is 51.2 Å². The van der Waals surface area contributed by atoms with Gasteiger partial charge in [0.15, 0.2) is 5.13 Å². The molecule has 0 unspecified atom stereocenters. The molecule has 0 bridgehead atoms. The molecule has 0 saturated carbocycles. The van der Waals surface area contributed by atoms with Gasteiger partial charge in [0.05, 0.1) is 10.6 Å². The number of carbonyl (C=O) groups excluding carboxylic acids is 1. The summed E-state index contributed by atoms with van der Waals surface area (Å²) in [7, 11) is 0. The summed E-state index contributed by atoms with van der Waals surface area (Å²) >= 11 is 2.90. The van der Waals surface area contributed by atoms with Crippen molar-refractivity contribution in [2.45, 2.75) is 27.4 Å². The lowest BCUT2D eigenvalue weighted by atomic mass is 10.2. The van der Waals surface area contributed by atoms with Crippen LogP contribution in [0.3, 0.4) is 0 Å². The Morgan fingerprint density at radius 2 is 2.08 bits per heavy atom. The molecule has 0 radical (unpaired) electrons. The first-order valence-electron chi connectivity index (χ1n) is 7.53. The van der Waals surface area contributed by atoms with Crippen LogP contribution in [0.25, 0.3) is 0 Å². The lowest BCUT2D eigenvalue weighted by Crippen LogP contribution is -2.09. The molecule has 1 amide bonds. The maximum absolute atomic E-state index is 12.3. The molecule has 0 aliphatic heterocycles. The summed E-state index contributed by atoms with van der Waals surface area (Å²) in [5.74, 6) is 0.705. The monoisotopic (exact) mass is 358 g/mol. The molecule has 24 heavy (non-hydrogen) atoms. The summed E-state index contributed by atoms with van der Waals surface area (Å²) in [5.41, 5.74) is 3.10. The van der Waals surface area contributed by atoms with E-state index in [1.807, 2.05) is 56.5 Å². The number of benzene rings is 1. The van der Waals surface area contributed by atoms with Gasteiger partial charge in [0.1, 0.15) is 12.4 Å². The van der Waals surface area contributed by atoms with Gasteiger partial charge in [-0.2, -0.15) is 0 Å². The van der Waals surface area contributed by atoms with Crippen molar-refractivity contribution >= 4 is 33.7 Å². The van der Waals surface area contributed by atoms with Gasteiger partial charge < -0.3 is 4.74 Å². The van der Waals surface area contributed by atoms with E-state index in [4.69, 9.17) is 4.74 Å². The van der Waals surface area contributed by atoms with Gasteiger partial charge in [0.2, 0.25) is 0 Å². The van der Waals surface area contributed by atoms with Crippen LogP contribution < -0.4 is 10.1 Å². The fraction of sp³-hybridized carbons (Fsp3) is 0.222. The molecule has 3 aromatic rings. The van der Waals surface area contributed by atoms with Crippen LogP contribution in [0.2, 0.25) is 0 Å². The van der Waals surface area contributed by atoms with Crippen molar-refractivity contribution in [3.63, 3.8) is 0 Å². The highest BCUT2D eigenvalue weighted by Crippen LogP contribution is 2.23. The maximum atomic E-state index is 12.3. The number of thiazole rings is 1. The highest BCUT2D eigenvalue weighted by molar-refractivity contribution is 7.16. The molecule has 0 fully saturated rings. The standard InChI is InChI=1S/C18H18N2O2S2/c1-11-5-4-6-15(7-11)22-9-14-8-16(23-10-14)17(21)20-18-19-12(2)13(3)24-18/h4-8,10H,9H2,1-3H3,(H,19,20,21). The molecule has 1 N–H and O–H groups in total. The molecular formula is C18H18N2O2S2. The molecule has 0 spiro atoms. The summed E-state index contributed by atoms with van der Waals surface area (Å²) in [4.78, 5) is 18.4. The molecule has 0 aliphatic rings. The van der Waals surface area contributed by atoms with Gasteiger partial charge in [-0.15, -0.1) is 22.7 Å². The molecule has 1 aromatic carbocycles. The second kappa shape index (κ2) is 7.15. The van der Waals surface area contributed by atoms with E-state index in [0.717, 1.165) is 27.4 Å². The molecule has 124 valence electrons. The maximum Gasteiger partial charge on any atom is 0.267 e. The van der Waals surface area contributed by atoms with Gasteiger partial charge in [-0.3, -0.25) is 10.1 Å². The largest absolute Gasteiger partial charge is 0.489 e. The minimum Gasteiger partial charge on any atom is -0.489 e. The van der Waals surface area contributed by atoms with E-state index in [2.05, 4.69) is 10.3 Å². The second-order valence-corrected chi connectivity index (χ2v) is 7.65. The lowest BCUT2D eigenvalue weighted by Gasteiger charge is -2.05. The number of anilines is 1. The first-order chi connectivity index (χ1) is 11.5. The summed E-state index contributed by atoms with van der Waals surface area (Å²) in [6.07, 6.45) is 0. The molecule has 3 rings (SSSR count). The fourth-order valence-corrected chi connectivity index (χ4v) is 3.73. The van der Waals surface area contributed by atoms with Crippen molar-refractivity contribution in [1.82, 2.24) is 4.98 Å². The Hall–Kier alpha value is -2.18. The van der Waals surface area contributed by atoms with Gasteiger partial charge in [0.25, 0.3) is 5.91 Å². The summed E-state index contributed by atoms with van der Waals surface area (Å²) < 4.78 is 5.77. The zero-order chi connectivity index (χ0) is 17.1. The van der Waals surface area contributed by atoms with Crippen LogP contribution in [0.1, 0.15) is 31.4 Å². The van der Waals surface area contributed by atoms with Crippen molar-refractivity contribution < 1.29 is 9.53 Å². The number of hydrogen-bond acceptors (Lipinski definition) is 5. The van der Waals surface area contributed by atoms with Crippen LogP contribution in [0.5, 0.6) is 5.75 Å². The van der Waals surface area contributed by atoms with Crippen LogP contribution in [-0.2, 0) is 6.61 Å². The first kappa shape index (κ1) is 16.7. The highest BCUT2D eigenvalue weighted by atomic mass is 32.1. The summed E-state index contributed by atoms with van der Waals surface area (Å²) in [5, 5.41) is 5.44. The van der Waals surface area contributed by atoms with Crippen molar-refractivity contribution in [2.75, 3.05) is 5.32 Å². The minimum absolute atomic E-state index is 0.129. The van der Waals surface area contributed by atoms with Gasteiger partial charge in [0, 0.05) is 10.4 Å². The van der Waals surface area contributed by atoms with Gasteiger partial charge >= 0.3 is 0 Å². The molecule has 4 nitrogen and oxygen atoms in total. The van der Waals surface area contributed by atoms with E-state index >= 15 is 0 Å². The SMILES string of the molecule is Cc1cccc(OCc2csc(C(=O)Nc3nc(C)c(C)s3)c2)c1. The van der Waals surface area contributed by atoms with Crippen LogP contribution in [0, 0.1) is 20.8 Å². The summed E-state index contributed by atoms with van der Waals surface area (Å²) in [6, 6.07) is 9.79.